The van der Waals surface area contributed by atoms with Gasteiger partial charge in [-0.25, -0.2) is 0 Å². The molecule has 326 valence electrons. The first-order valence-electron chi connectivity index (χ1n) is 24.4. The Bertz CT molecular complexity index is 826. The molecule has 0 rings (SSSR count). The van der Waals surface area contributed by atoms with Gasteiger partial charge in [-0.15, -0.1) is 0 Å². The van der Waals surface area contributed by atoms with Gasteiger partial charge in [0.05, 0.1) is 0 Å². The van der Waals surface area contributed by atoms with Crippen molar-refractivity contribution in [2.45, 2.75) is 278 Å². The van der Waals surface area contributed by atoms with Gasteiger partial charge in [0.15, 0.2) is 6.10 Å². The second-order valence-corrected chi connectivity index (χ2v) is 17.2. The maximum Gasteiger partial charge on any atom is 0.306 e. The summed E-state index contributed by atoms with van der Waals surface area (Å²) in [6.45, 7) is 8.97. The zero-order chi connectivity index (χ0) is 40.3. The van der Waals surface area contributed by atoms with Crippen molar-refractivity contribution in [1.82, 2.24) is 0 Å². The van der Waals surface area contributed by atoms with Crippen LogP contribution in [0, 0.1) is 5.92 Å². The van der Waals surface area contributed by atoms with E-state index in [9.17, 15) is 14.4 Å². The largest absolute Gasteiger partial charge is 0.462 e. The highest BCUT2D eigenvalue weighted by Gasteiger charge is 2.19. The van der Waals surface area contributed by atoms with E-state index in [1.54, 1.807) is 0 Å². The number of hydrogen-bond donors (Lipinski definition) is 0. The third kappa shape index (κ3) is 43.4. The van der Waals surface area contributed by atoms with E-state index in [0.717, 1.165) is 63.7 Å². The molecule has 0 N–H and O–H groups in total. The number of unbranched alkanes of at least 4 members (excludes halogenated alkanes) is 31. The Morgan fingerprint density at radius 3 is 0.891 bits per heavy atom. The molecule has 0 unspecified atom stereocenters. The van der Waals surface area contributed by atoms with Crippen LogP contribution in [0.25, 0.3) is 0 Å². The van der Waals surface area contributed by atoms with Gasteiger partial charge in [0, 0.05) is 19.3 Å². The first-order chi connectivity index (χ1) is 26.9. The number of hydrogen-bond acceptors (Lipinski definition) is 6. The van der Waals surface area contributed by atoms with E-state index in [1.807, 2.05) is 0 Å². The van der Waals surface area contributed by atoms with Crippen molar-refractivity contribution < 1.29 is 28.6 Å². The van der Waals surface area contributed by atoms with Crippen molar-refractivity contribution >= 4 is 17.9 Å². The van der Waals surface area contributed by atoms with Crippen molar-refractivity contribution in [3.05, 3.63) is 0 Å². The highest BCUT2D eigenvalue weighted by molar-refractivity contribution is 5.71. The quantitative estimate of drug-likeness (QED) is 0.0348. The molecule has 1 atom stereocenters. The molecule has 0 heterocycles. The molecule has 0 aromatic carbocycles. The molecule has 0 aliphatic rings. The lowest BCUT2D eigenvalue weighted by Crippen LogP contribution is -2.30. The number of rotatable bonds is 44. The lowest BCUT2D eigenvalue weighted by molar-refractivity contribution is -0.167. The third-order valence-corrected chi connectivity index (χ3v) is 11.0. The second-order valence-electron chi connectivity index (χ2n) is 17.2. The normalized spacial score (nSPS) is 11.9. The number of carbonyl (C=O) groups excluding carboxylic acids is 3. The summed E-state index contributed by atoms with van der Waals surface area (Å²) in [7, 11) is 0. The lowest BCUT2D eigenvalue weighted by Gasteiger charge is -2.18. The molecule has 6 nitrogen and oxygen atoms in total. The molecule has 0 saturated carbocycles. The van der Waals surface area contributed by atoms with E-state index in [2.05, 4.69) is 27.7 Å². The van der Waals surface area contributed by atoms with Gasteiger partial charge in [0.1, 0.15) is 13.2 Å². The SMILES string of the molecule is CCCCCCCCCCCC(=O)OC[C@H](COC(=O)CCCCCCCCCCCCCCCCCCCCC(C)C)OC(=O)CCCCCCCCC. The van der Waals surface area contributed by atoms with Crippen LogP contribution in [0.4, 0.5) is 0 Å². The van der Waals surface area contributed by atoms with Crippen LogP contribution < -0.4 is 0 Å². The zero-order valence-corrected chi connectivity index (χ0v) is 37.4. The van der Waals surface area contributed by atoms with Gasteiger partial charge in [0.2, 0.25) is 0 Å². The monoisotopic (exact) mass is 779 g/mol. The van der Waals surface area contributed by atoms with Crippen LogP contribution in [0.3, 0.4) is 0 Å². The third-order valence-electron chi connectivity index (χ3n) is 11.0. The Labute approximate surface area is 342 Å². The highest BCUT2D eigenvalue weighted by Crippen LogP contribution is 2.17. The number of ether oxygens (including phenoxy) is 3. The van der Waals surface area contributed by atoms with Crippen LogP contribution in [0.1, 0.15) is 272 Å². The molecule has 55 heavy (non-hydrogen) atoms. The van der Waals surface area contributed by atoms with Crippen molar-refractivity contribution in [1.29, 1.82) is 0 Å². The van der Waals surface area contributed by atoms with Gasteiger partial charge in [-0.05, 0) is 25.2 Å². The summed E-state index contributed by atoms with van der Waals surface area (Å²) < 4.78 is 16.7. The molecule has 0 aromatic rings. The van der Waals surface area contributed by atoms with E-state index in [1.165, 1.54) is 167 Å². The van der Waals surface area contributed by atoms with E-state index < -0.39 is 6.10 Å². The van der Waals surface area contributed by atoms with Gasteiger partial charge >= 0.3 is 17.9 Å². The fourth-order valence-electron chi connectivity index (χ4n) is 7.33. The van der Waals surface area contributed by atoms with Crippen molar-refractivity contribution in [3.63, 3.8) is 0 Å². The van der Waals surface area contributed by atoms with E-state index in [4.69, 9.17) is 14.2 Å². The standard InChI is InChI=1S/C49H94O6/c1-5-7-9-11-13-24-29-32-36-40-47(50)53-43-46(55-49(52)42-38-34-27-12-10-8-6-2)44-54-48(51)41-37-33-30-26-23-21-19-17-15-14-16-18-20-22-25-28-31-35-39-45(3)4/h45-46H,5-44H2,1-4H3/t46-/m1/s1. The summed E-state index contributed by atoms with van der Waals surface area (Å²) in [6.07, 6.45) is 44.0. The maximum absolute atomic E-state index is 12.6. The molecule has 0 spiro atoms. The van der Waals surface area contributed by atoms with E-state index >= 15 is 0 Å². The van der Waals surface area contributed by atoms with E-state index in [0.29, 0.717) is 19.3 Å². The minimum atomic E-state index is -0.757. The fourth-order valence-corrected chi connectivity index (χ4v) is 7.33. The Balaban J connectivity index is 4.07. The molecular formula is C49H94O6. The second kappa shape index (κ2) is 43.5. The Hall–Kier alpha value is -1.59. The molecule has 0 aliphatic heterocycles. The van der Waals surface area contributed by atoms with Crippen LogP contribution >= 0.6 is 0 Å². The van der Waals surface area contributed by atoms with Crippen LogP contribution in [-0.4, -0.2) is 37.2 Å². The topological polar surface area (TPSA) is 78.9 Å². The maximum atomic E-state index is 12.6. The predicted molar refractivity (Wildman–Crippen MR) is 233 cm³/mol. The van der Waals surface area contributed by atoms with Crippen LogP contribution in [-0.2, 0) is 28.6 Å². The number of esters is 3. The summed E-state index contributed by atoms with van der Waals surface area (Å²) in [5.41, 5.74) is 0. The van der Waals surface area contributed by atoms with Crippen molar-refractivity contribution in [3.8, 4) is 0 Å². The van der Waals surface area contributed by atoms with Gasteiger partial charge in [-0.1, -0.05) is 233 Å². The Morgan fingerprint density at radius 2 is 0.600 bits per heavy atom. The highest BCUT2D eigenvalue weighted by atomic mass is 16.6. The molecular weight excluding hydrogens is 685 g/mol. The molecule has 0 radical (unpaired) electrons. The van der Waals surface area contributed by atoms with Crippen LogP contribution in [0.5, 0.6) is 0 Å². The summed E-state index contributed by atoms with van der Waals surface area (Å²) in [6, 6.07) is 0. The average molecular weight is 779 g/mol. The van der Waals surface area contributed by atoms with Gasteiger partial charge < -0.3 is 14.2 Å². The molecule has 0 aliphatic carbocycles. The van der Waals surface area contributed by atoms with Crippen LogP contribution in [0.15, 0.2) is 0 Å². The summed E-state index contributed by atoms with van der Waals surface area (Å²) in [4.78, 5) is 37.6. The fraction of sp³-hybridized carbons (Fsp3) is 0.939. The molecule has 0 saturated heterocycles. The first-order valence-corrected chi connectivity index (χ1v) is 24.4. The smallest absolute Gasteiger partial charge is 0.306 e. The molecule has 0 fully saturated rings. The van der Waals surface area contributed by atoms with Crippen LogP contribution in [0.2, 0.25) is 0 Å². The minimum absolute atomic E-state index is 0.0639. The average Bonchev–Trinajstić information content (AvgIpc) is 3.17. The molecule has 0 bridgehead atoms. The van der Waals surface area contributed by atoms with Gasteiger partial charge in [-0.2, -0.15) is 0 Å². The molecule has 6 heteroatoms. The number of carbonyl (C=O) groups is 3. The predicted octanol–water partition coefficient (Wildman–Crippen LogP) is 15.5. The van der Waals surface area contributed by atoms with Crippen molar-refractivity contribution in [2.24, 2.45) is 5.92 Å². The zero-order valence-electron chi connectivity index (χ0n) is 37.4. The Kier molecular flexibility index (Phi) is 42.3. The Morgan fingerprint density at radius 1 is 0.345 bits per heavy atom. The molecule has 0 amide bonds. The summed E-state index contributed by atoms with van der Waals surface area (Å²) >= 11 is 0. The van der Waals surface area contributed by atoms with Gasteiger partial charge in [-0.3, -0.25) is 14.4 Å². The summed E-state index contributed by atoms with van der Waals surface area (Å²) in [5, 5.41) is 0. The first kappa shape index (κ1) is 53.4. The van der Waals surface area contributed by atoms with Crippen molar-refractivity contribution in [2.75, 3.05) is 13.2 Å². The van der Waals surface area contributed by atoms with Gasteiger partial charge in [0.25, 0.3) is 0 Å². The summed E-state index contributed by atoms with van der Waals surface area (Å²) in [5.74, 6) is -0.000577. The lowest BCUT2D eigenvalue weighted by atomic mass is 10.0. The minimum Gasteiger partial charge on any atom is -0.462 e. The molecule has 0 aromatic heterocycles. The van der Waals surface area contributed by atoms with E-state index in [-0.39, 0.29) is 31.1 Å².